The molecule has 0 unspecified atom stereocenters. The van der Waals surface area contributed by atoms with E-state index in [0.29, 0.717) is 5.52 Å². The Morgan fingerprint density at radius 2 is 1.96 bits per heavy atom. The molecule has 1 aromatic carbocycles. The van der Waals surface area contributed by atoms with Crippen LogP contribution in [0.2, 0.25) is 0 Å². The smallest absolute Gasteiger partial charge is 0.332 e. The van der Waals surface area contributed by atoms with Crippen molar-refractivity contribution in [1.29, 1.82) is 0 Å². The molecule has 0 saturated carbocycles. The highest BCUT2D eigenvalue weighted by Gasteiger charge is 2.22. The molecule has 1 amide bonds. The summed E-state index contributed by atoms with van der Waals surface area (Å²) in [5.41, 5.74) is 1.70. The normalized spacial score (nSPS) is 14.2. The lowest BCUT2D eigenvalue weighted by Crippen LogP contribution is -2.43. The summed E-state index contributed by atoms with van der Waals surface area (Å²) < 4.78 is 6.73. The van der Waals surface area contributed by atoms with E-state index in [1.54, 1.807) is 10.3 Å². The van der Waals surface area contributed by atoms with Crippen LogP contribution in [0, 0.1) is 6.92 Å². The molecule has 2 aromatic heterocycles. The maximum atomic E-state index is 13.1. The van der Waals surface area contributed by atoms with Crippen LogP contribution in [-0.4, -0.2) is 37.4 Å². The van der Waals surface area contributed by atoms with Crippen molar-refractivity contribution in [3.63, 3.8) is 0 Å². The number of hydrogen-bond acceptors (Lipinski definition) is 5. The van der Waals surface area contributed by atoms with Gasteiger partial charge in [0.2, 0.25) is 5.91 Å². The summed E-state index contributed by atoms with van der Waals surface area (Å²) in [5, 5.41) is 1.66. The Balaban J connectivity index is 1.79. The Bertz CT molecular complexity index is 1120. The SMILES string of the molecule is Cc1cccc(Cn2c(=O)c3nscc3n(CC(=O)N3CCCC3)c2=O)c1. The first-order chi connectivity index (χ1) is 13.0. The molecule has 7 nitrogen and oxygen atoms in total. The van der Waals surface area contributed by atoms with Gasteiger partial charge in [-0.05, 0) is 36.9 Å². The monoisotopic (exact) mass is 384 g/mol. The van der Waals surface area contributed by atoms with Gasteiger partial charge in [-0.25, -0.2) is 4.79 Å². The highest BCUT2D eigenvalue weighted by atomic mass is 32.1. The molecule has 0 atom stereocenters. The van der Waals surface area contributed by atoms with Crippen molar-refractivity contribution in [2.24, 2.45) is 0 Å². The third-order valence-corrected chi connectivity index (χ3v) is 5.54. The lowest BCUT2D eigenvalue weighted by atomic mass is 10.1. The van der Waals surface area contributed by atoms with Gasteiger partial charge in [0, 0.05) is 18.5 Å². The first kappa shape index (κ1) is 17.7. The predicted molar refractivity (Wildman–Crippen MR) is 104 cm³/mol. The predicted octanol–water partition coefficient (Wildman–Crippen LogP) is 1.60. The van der Waals surface area contributed by atoms with Crippen LogP contribution in [0.3, 0.4) is 0 Å². The average Bonchev–Trinajstić information content (AvgIpc) is 3.34. The number of hydrogen-bond donors (Lipinski definition) is 0. The summed E-state index contributed by atoms with van der Waals surface area (Å²) in [6.07, 6.45) is 1.98. The minimum Gasteiger partial charge on any atom is -0.341 e. The Morgan fingerprint density at radius 3 is 2.70 bits per heavy atom. The van der Waals surface area contributed by atoms with Gasteiger partial charge in [0.05, 0.1) is 12.1 Å². The van der Waals surface area contributed by atoms with E-state index in [-0.39, 0.29) is 24.5 Å². The van der Waals surface area contributed by atoms with E-state index in [2.05, 4.69) is 4.37 Å². The molecule has 4 rings (SSSR count). The van der Waals surface area contributed by atoms with Crippen molar-refractivity contribution in [3.8, 4) is 0 Å². The van der Waals surface area contributed by atoms with Gasteiger partial charge in [0.25, 0.3) is 5.56 Å². The lowest BCUT2D eigenvalue weighted by molar-refractivity contribution is -0.130. The Morgan fingerprint density at radius 1 is 1.19 bits per heavy atom. The zero-order valence-corrected chi connectivity index (χ0v) is 15.9. The summed E-state index contributed by atoms with van der Waals surface area (Å²) in [6, 6.07) is 7.68. The van der Waals surface area contributed by atoms with E-state index < -0.39 is 11.2 Å². The van der Waals surface area contributed by atoms with Crippen LogP contribution in [-0.2, 0) is 17.9 Å². The highest BCUT2D eigenvalue weighted by Crippen LogP contribution is 2.13. The Labute approximate surface area is 159 Å². The highest BCUT2D eigenvalue weighted by molar-refractivity contribution is 7.04. The van der Waals surface area contributed by atoms with Crippen LogP contribution in [0.1, 0.15) is 24.0 Å². The molecule has 0 aliphatic carbocycles. The molecular formula is C19H20N4O3S. The van der Waals surface area contributed by atoms with Gasteiger partial charge < -0.3 is 4.90 Å². The molecule has 3 heterocycles. The van der Waals surface area contributed by atoms with Crippen molar-refractivity contribution < 1.29 is 4.79 Å². The number of fused-ring (bicyclic) bond motifs is 1. The molecule has 0 N–H and O–H groups in total. The van der Waals surface area contributed by atoms with E-state index in [1.165, 1.54) is 9.13 Å². The number of nitrogens with zero attached hydrogens (tertiary/aromatic N) is 4. The fraction of sp³-hybridized carbons (Fsp3) is 0.368. The molecule has 0 radical (unpaired) electrons. The lowest BCUT2D eigenvalue weighted by Gasteiger charge is -2.17. The van der Waals surface area contributed by atoms with Gasteiger partial charge in [0.1, 0.15) is 6.54 Å². The maximum Gasteiger partial charge on any atom is 0.332 e. The first-order valence-electron chi connectivity index (χ1n) is 8.95. The largest absolute Gasteiger partial charge is 0.341 e. The van der Waals surface area contributed by atoms with E-state index >= 15 is 0 Å². The van der Waals surface area contributed by atoms with Gasteiger partial charge in [0.15, 0.2) is 5.52 Å². The number of aryl methyl sites for hydroxylation is 1. The fourth-order valence-corrected chi connectivity index (χ4v) is 4.19. The second-order valence-electron chi connectivity index (χ2n) is 6.89. The van der Waals surface area contributed by atoms with E-state index in [4.69, 9.17) is 0 Å². The first-order valence-corrected chi connectivity index (χ1v) is 9.79. The van der Waals surface area contributed by atoms with Crippen molar-refractivity contribution in [2.45, 2.75) is 32.9 Å². The van der Waals surface area contributed by atoms with Crippen molar-refractivity contribution in [3.05, 3.63) is 61.6 Å². The average molecular weight is 384 g/mol. The number of likely N-dealkylation sites (tertiary alicyclic amines) is 1. The van der Waals surface area contributed by atoms with Gasteiger partial charge in [-0.2, -0.15) is 4.37 Å². The quantitative estimate of drug-likeness (QED) is 0.685. The number of carbonyl (C=O) groups excluding carboxylic acids is 1. The molecule has 1 aliphatic heterocycles. The molecular weight excluding hydrogens is 364 g/mol. The van der Waals surface area contributed by atoms with Crippen LogP contribution in [0.5, 0.6) is 0 Å². The van der Waals surface area contributed by atoms with E-state index in [1.807, 2.05) is 31.2 Å². The molecule has 1 aliphatic rings. The molecule has 0 bridgehead atoms. The van der Waals surface area contributed by atoms with Crippen molar-refractivity contribution >= 4 is 28.5 Å². The van der Waals surface area contributed by atoms with E-state index in [0.717, 1.165) is 48.6 Å². The Kier molecular flexibility index (Phi) is 4.65. The minimum atomic E-state index is -0.471. The third kappa shape index (κ3) is 3.32. The molecule has 140 valence electrons. The summed E-state index contributed by atoms with van der Waals surface area (Å²) in [5.74, 6) is -0.0946. The number of aromatic nitrogens is 3. The van der Waals surface area contributed by atoms with Crippen LogP contribution in [0.15, 0.2) is 39.2 Å². The number of rotatable bonds is 4. The van der Waals surface area contributed by atoms with Gasteiger partial charge in [-0.15, -0.1) is 0 Å². The topological polar surface area (TPSA) is 77.2 Å². The molecule has 3 aromatic rings. The van der Waals surface area contributed by atoms with Crippen LogP contribution in [0.25, 0.3) is 11.0 Å². The van der Waals surface area contributed by atoms with Crippen LogP contribution < -0.4 is 11.2 Å². The second kappa shape index (κ2) is 7.11. The maximum absolute atomic E-state index is 13.1. The molecule has 1 saturated heterocycles. The van der Waals surface area contributed by atoms with Crippen molar-refractivity contribution in [2.75, 3.05) is 13.1 Å². The summed E-state index contributed by atoms with van der Waals surface area (Å²) in [6.45, 7) is 3.50. The molecule has 0 spiro atoms. The van der Waals surface area contributed by atoms with Crippen LogP contribution >= 0.6 is 11.5 Å². The summed E-state index contributed by atoms with van der Waals surface area (Å²) in [7, 11) is 0. The number of carbonyl (C=O) groups is 1. The summed E-state index contributed by atoms with van der Waals surface area (Å²) >= 11 is 1.12. The van der Waals surface area contributed by atoms with Gasteiger partial charge in [-0.1, -0.05) is 29.8 Å². The van der Waals surface area contributed by atoms with Gasteiger partial charge >= 0.3 is 5.69 Å². The second-order valence-corrected chi connectivity index (χ2v) is 7.51. The standard InChI is InChI=1S/C19H20N4O3S/c1-13-5-4-6-14(9-13)10-23-18(25)17-15(12-27-20-17)22(19(23)26)11-16(24)21-7-2-3-8-21/h4-6,9,12H,2-3,7-8,10-11H2,1H3. The van der Waals surface area contributed by atoms with Crippen molar-refractivity contribution in [1.82, 2.24) is 18.4 Å². The molecule has 8 heteroatoms. The van der Waals surface area contributed by atoms with Gasteiger partial charge in [-0.3, -0.25) is 18.7 Å². The zero-order valence-electron chi connectivity index (χ0n) is 15.1. The summed E-state index contributed by atoms with van der Waals surface area (Å²) in [4.78, 5) is 40.2. The molecule has 27 heavy (non-hydrogen) atoms. The van der Waals surface area contributed by atoms with E-state index in [9.17, 15) is 14.4 Å². The molecule has 1 fully saturated rings. The number of amides is 1. The van der Waals surface area contributed by atoms with Crippen LogP contribution in [0.4, 0.5) is 0 Å². The zero-order chi connectivity index (χ0) is 19.0. The third-order valence-electron chi connectivity index (χ3n) is 4.93. The fourth-order valence-electron chi connectivity index (χ4n) is 3.52. The minimum absolute atomic E-state index is 0.0676. The number of benzene rings is 1. The Hall–Kier alpha value is -2.74.